The Balaban J connectivity index is 3.38. The average Bonchev–Trinajstić information content (AvgIpc) is 2.24. The summed E-state index contributed by atoms with van der Waals surface area (Å²) in [5.41, 5.74) is 0. The molecule has 1 N–H and O–H groups in total. The number of hydrogen-bond donors (Lipinski definition) is 1. The van der Waals surface area contributed by atoms with Crippen molar-refractivity contribution in [3.8, 4) is 0 Å². The van der Waals surface area contributed by atoms with Gasteiger partial charge in [-0.3, -0.25) is 4.79 Å². The van der Waals surface area contributed by atoms with Crippen LogP contribution in [0.5, 0.6) is 0 Å². The number of halogens is 3. The van der Waals surface area contributed by atoms with Crippen LogP contribution in [0.3, 0.4) is 0 Å². The maximum absolute atomic E-state index is 12.6. The van der Waals surface area contributed by atoms with E-state index in [1.54, 1.807) is 13.8 Å². The van der Waals surface area contributed by atoms with Crippen LogP contribution >= 0.6 is 34.8 Å². The molecule has 0 bridgehead atoms. The van der Waals surface area contributed by atoms with Crippen molar-refractivity contribution in [3.63, 3.8) is 0 Å². The standard InChI is InChI=1S/C12H14Cl3NO4S/c1-7(2)5-16(6-11(17)18)21(19,20)12-9(14)3-8(13)4-10(12)15/h3-4,7H,5-6H2,1-2H3,(H,17,18). The molecule has 5 nitrogen and oxygen atoms in total. The van der Waals surface area contributed by atoms with E-state index in [1.807, 2.05) is 0 Å². The Morgan fingerprint density at radius 1 is 1.24 bits per heavy atom. The third-order valence-electron chi connectivity index (χ3n) is 2.44. The average molecular weight is 375 g/mol. The van der Waals surface area contributed by atoms with Crippen molar-refractivity contribution in [1.82, 2.24) is 4.31 Å². The zero-order valence-corrected chi connectivity index (χ0v) is 14.4. The fraction of sp³-hybridized carbons (Fsp3) is 0.417. The number of benzene rings is 1. The van der Waals surface area contributed by atoms with Crippen molar-refractivity contribution in [3.05, 3.63) is 27.2 Å². The lowest BCUT2D eigenvalue weighted by atomic mass is 10.2. The summed E-state index contributed by atoms with van der Waals surface area (Å²) in [6.45, 7) is 2.91. The first-order chi connectivity index (χ1) is 9.55. The predicted molar refractivity (Wildman–Crippen MR) is 82.7 cm³/mol. The highest BCUT2D eigenvalue weighted by Crippen LogP contribution is 2.34. The summed E-state index contributed by atoms with van der Waals surface area (Å²) in [4.78, 5) is 10.6. The molecule has 1 aromatic rings. The number of carboxylic acid groups (broad SMARTS) is 1. The summed E-state index contributed by atoms with van der Waals surface area (Å²) in [6.07, 6.45) is 0. The van der Waals surface area contributed by atoms with Gasteiger partial charge in [0.2, 0.25) is 10.0 Å². The first kappa shape index (κ1) is 18.5. The first-order valence-corrected chi connectivity index (χ1v) is 8.49. The minimum atomic E-state index is -4.14. The van der Waals surface area contributed by atoms with Crippen LogP contribution in [0.25, 0.3) is 0 Å². The third kappa shape index (κ3) is 4.72. The van der Waals surface area contributed by atoms with E-state index in [0.717, 1.165) is 4.31 Å². The fourth-order valence-corrected chi connectivity index (χ4v) is 4.76. The van der Waals surface area contributed by atoms with Gasteiger partial charge in [-0.15, -0.1) is 0 Å². The van der Waals surface area contributed by atoms with Crippen LogP contribution in [0.1, 0.15) is 13.8 Å². The van der Waals surface area contributed by atoms with Gasteiger partial charge in [0.05, 0.1) is 10.0 Å². The van der Waals surface area contributed by atoms with Crippen LogP contribution in [0.2, 0.25) is 15.1 Å². The Kier molecular flexibility index (Phi) is 6.31. The van der Waals surface area contributed by atoms with Crippen LogP contribution in [-0.2, 0) is 14.8 Å². The molecule has 0 atom stereocenters. The van der Waals surface area contributed by atoms with Gasteiger partial charge in [-0.2, -0.15) is 4.31 Å². The third-order valence-corrected chi connectivity index (χ3v) is 5.39. The molecule has 0 saturated carbocycles. The van der Waals surface area contributed by atoms with Gasteiger partial charge in [0.25, 0.3) is 0 Å². The second-order valence-electron chi connectivity index (χ2n) is 4.78. The molecular weight excluding hydrogens is 361 g/mol. The van der Waals surface area contributed by atoms with E-state index in [4.69, 9.17) is 39.9 Å². The number of hydrogen-bond acceptors (Lipinski definition) is 3. The Bertz CT molecular complexity index is 623. The lowest BCUT2D eigenvalue weighted by molar-refractivity contribution is -0.137. The van der Waals surface area contributed by atoms with Gasteiger partial charge >= 0.3 is 5.97 Å². The van der Waals surface area contributed by atoms with Crippen LogP contribution in [0.15, 0.2) is 17.0 Å². The zero-order chi connectivity index (χ0) is 16.4. The Labute approximate surface area is 138 Å². The first-order valence-electron chi connectivity index (χ1n) is 5.92. The molecule has 0 fully saturated rings. The summed E-state index contributed by atoms with van der Waals surface area (Å²) in [6, 6.07) is 2.49. The SMILES string of the molecule is CC(C)CN(CC(=O)O)S(=O)(=O)c1c(Cl)cc(Cl)cc1Cl. The normalized spacial score (nSPS) is 12.1. The predicted octanol–water partition coefficient (Wildman–Crippen LogP) is 3.38. The summed E-state index contributed by atoms with van der Waals surface area (Å²) in [5, 5.41) is 8.80. The highest BCUT2D eigenvalue weighted by molar-refractivity contribution is 7.89. The molecule has 0 saturated heterocycles. The highest BCUT2D eigenvalue weighted by atomic mass is 35.5. The molecule has 0 aliphatic heterocycles. The topological polar surface area (TPSA) is 74.7 Å². The van der Waals surface area contributed by atoms with E-state index < -0.39 is 22.5 Å². The maximum Gasteiger partial charge on any atom is 0.318 e. The van der Waals surface area contributed by atoms with Gasteiger partial charge in [-0.25, -0.2) is 8.42 Å². The van der Waals surface area contributed by atoms with E-state index in [9.17, 15) is 13.2 Å². The molecule has 0 aromatic heterocycles. The lowest BCUT2D eigenvalue weighted by Crippen LogP contribution is -2.38. The molecule has 0 amide bonds. The van der Waals surface area contributed by atoms with Crippen molar-refractivity contribution in [2.45, 2.75) is 18.7 Å². The fourth-order valence-electron chi connectivity index (χ4n) is 1.71. The van der Waals surface area contributed by atoms with Gasteiger partial charge in [-0.05, 0) is 18.1 Å². The largest absolute Gasteiger partial charge is 0.480 e. The van der Waals surface area contributed by atoms with Crippen LogP contribution in [-0.4, -0.2) is 36.9 Å². The van der Waals surface area contributed by atoms with Gasteiger partial charge < -0.3 is 5.11 Å². The number of nitrogens with zero attached hydrogens (tertiary/aromatic N) is 1. The Morgan fingerprint density at radius 2 is 1.71 bits per heavy atom. The number of sulfonamides is 1. The van der Waals surface area contributed by atoms with Crippen LogP contribution in [0.4, 0.5) is 0 Å². The Hall–Kier alpha value is -0.530. The van der Waals surface area contributed by atoms with Crippen molar-refractivity contribution in [1.29, 1.82) is 0 Å². The number of rotatable bonds is 6. The Morgan fingerprint density at radius 3 is 2.10 bits per heavy atom. The molecule has 1 aromatic carbocycles. The molecule has 0 aliphatic carbocycles. The second-order valence-corrected chi connectivity index (χ2v) is 7.91. The second kappa shape index (κ2) is 7.15. The molecule has 0 aliphatic rings. The van der Waals surface area contributed by atoms with Crippen LogP contribution < -0.4 is 0 Å². The summed E-state index contributed by atoms with van der Waals surface area (Å²) in [7, 11) is -4.14. The van der Waals surface area contributed by atoms with Crippen molar-refractivity contribution in [2.75, 3.05) is 13.1 Å². The minimum Gasteiger partial charge on any atom is -0.480 e. The lowest BCUT2D eigenvalue weighted by Gasteiger charge is -2.23. The van der Waals surface area contributed by atoms with E-state index in [0.29, 0.717) is 0 Å². The van der Waals surface area contributed by atoms with Gasteiger partial charge in [-0.1, -0.05) is 48.7 Å². The molecule has 0 spiro atoms. The minimum absolute atomic E-state index is 0.0317. The van der Waals surface area contributed by atoms with Crippen molar-refractivity contribution < 1.29 is 18.3 Å². The molecule has 118 valence electrons. The quantitative estimate of drug-likeness (QED) is 0.828. The zero-order valence-electron chi connectivity index (χ0n) is 11.3. The van der Waals surface area contributed by atoms with E-state index in [-0.39, 0.29) is 32.4 Å². The summed E-state index contributed by atoms with van der Waals surface area (Å²) in [5.74, 6) is -1.33. The number of carboxylic acids is 1. The van der Waals surface area contributed by atoms with Crippen LogP contribution in [0, 0.1) is 5.92 Å². The molecule has 0 radical (unpaired) electrons. The van der Waals surface area contributed by atoms with Gasteiger partial charge in [0.15, 0.2) is 0 Å². The van der Waals surface area contributed by atoms with Gasteiger partial charge in [0, 0.05) is 11.6 Å². The highest BCUT2D eigenvalue weighted by Gasteiger charge is 2.31. The molecule has 21 heavy (non-hydrogen) atoms. The summed E-state index contributed by atoms with van der Waals surface area (Å²) >= 11 is 17.6. The molecule has 0 heterocycles. The molecular formula is C12H14Cl3NO4S. The van der Waals surface area contributed by atoms with Crippen molar-refractivity contribution in [2.24, 2.45) is 5.92 Å². The molecule has 9 heteroatoms. The smallest absolute Gasteiger partial charge is 0.318 e. The molecule has 1 rings (SSSR count). The maximum atomic E-state index is 12.6. The monoisotopic (exact) mass is 373 g/mol. The van der Waals surface area contributed by atoms with E-state index in [1.165, 1.54) is 12.1 Å². The van der Waals surface area contributed by atoms with Crippen molar-refractivity contribution >= 4 is 50.8 Å². The number of aliphatic carboxylic acids is 1. The van der Waals surface area contributed by atoms with E-state index >= 15 is 0 Å². The van der Waals surface area contributed by atoms with Gasteiger partial charge in [0.1, 0.15) is 11.4 Å². The van der Waals surface area contributed by atoms with E-state index in [2.05, 4.69) is 0 Å². The molecule has 0 unspecified atom stereocenters. The number of carbonyl (C=O) groups is 1. The summed E-state index contributed by atoms with van der Waals surface area (Å²) < 4.78 is 26.0.